The van der Waals surface area contributed by atoms with Gasteiger partial charge in [0.2, 0.25) is 0 Å². The highest BCUT2D eigenvalue weighted by Crippen LogP contribution is 2.43. The van der Waals surface area contributed by atoms with Crippen LogP contribution in [0.3, 0.4) is 0 Å². The van der Waals surface area contributed by atoms with Crippen molar-refractivity contribution in [3.8, 4) is 0 Å². The number of anilines is 1. The maximum absolute atomic E-state index is 14.4. The van der Waals surface area contributed by atoms with Crippen molar-refractivity contribution < 1.29 is 166 Å². The van der Waals surface area contributed by atoms with Gasteiger partial charge in [0.05, 0.1) is 45.3 Å². The Kier molecular flexibility index (Phi) is 34.9. The van der Waals surface area contributed by atoms with Crippen molar-refractivity contribution in [2.24, 2.45) is 0 Å². The Bertz CT molecular complexity index is 2980. The minimum atomic E-state index is -1.36. The second-order valence-corrected chi connectivity index (χ2v) is 27.4. The zero-order valence-electron chi connectivity index (χ0n) is 66.5. The number of amides is 2. The second kappa shape index (κ2) is 43.2. The lowest BCUT2D eigenvalue weighted by Crippen LogP contribution is -2.69. The maximum Gasteiger partial charge on any atom is 0.319 e. The molecule has 21 aliphatic rings. The van der Waals surface area contributed by atoms with E-state index in [1.54, 1.807) is 6.07 Å². The maximum atomic E-state index is 14.4. The molecule has 23 rings (SSSR count). The summed E-state index contributed by atoms with van der Waals surface area (Å²) < 4.78 is 222. The average molecular weight is 1580 g/mol. The SMILES string of the molecule is COC[C@H]1O[C@@H]2O[C@H]3[C@H](OC)[C@@H](OC)[C@@H](O[C@H]4[C@H](OC)[C@@H](OC)[C@@H](O[C@H]5[C@H](OC)[C@@H](OC)[C@@H](O[C@H]6[C@H](OC)[C@@H](OC)[C@@H](O[C@H]7[C@H](OC)[C@@H](OC)[C@@H](O[C@H]8[C@H](OC)[C@@H](OC)[C@@H](O[C@H]1[C@H](OC)[C@H]2OC)O[C@@H]8CNC(=O)Nc1cccc2ccccc12)O[C@@H]7COC)O[C@@H]6COC)O[C@@H]5COC)O[C@@H]4COC)O[C@@H]3COC. The number of rotatable bonds is 29. The van der Waals surface area contributed by atoms with Gasteiger partial charge in [-0.15, -0.1) is 0 Å². The second-order valence-electron chi connectivity index (χ2n) is 27.4. The van der Waals surface area contributed by atoms with Crippen molar-refractivity contribution >= 4 is 22.5 Å². The Labute approximate surface area is 642 Å². The molecule has 0 unspecified atom stereocenters. The normalized spacial score (nSPS) is 42.2. The van der Waals surface area contributed by atoms with Gasteiger partial charge in [-0.1, -0.05) is 36.4 Å². The number of hydrogen-bond donors (Lipinski definition) is 2. The van der Waals surface area contributed by atoms with E-state index >= 15 is 0 Å². The standard InChI is InChI=1S/C73H118N2O35/c1-77-29-39-46-53(84-8)61(92-16)68(99-39)107-48-41(31-79-3)101-70(63(94-18)55(48)86-10)109-50-43(33-81-5)103-72(65(96-20)57(50)88-12)110-51-44(34-82-6)102-71(64(95-19)58(51)89-13)108-49-42(32-80-4)100-69(62(93-17)56(49)87-11)106-47-40(30-78-2)98-67(60(91-15)54(47)85-9)104-45-38(97-66(105-46)59(90-14)52(45)83-7)28-74-73(76)75-37-27-23-25-35-24-21-22-26-36(35)37/h21-27,38-72H,28-34H2,1-20H3,(H2,74,75,76)/t38-,39-,40-,41-,42-,43-,44-,45-,46-,47-,48-,49-,50-,51-,52+,53+,54+,55+,56+,57+,58+,59-,60-,61-,62-,63-,64-,65-,66-,67-,68-,69-,70-,71-,72-/m1/s1. The Balaban J connectivity index is 1.07. The highest BCUT2D eigenvalue weighted by molar-refractivity contribution is 6.01. The molecule has 21 fully saturated rings. The molecule has 0 spiro atoms. The number of nitrogens with one attached hydrogen (secondary N) is 2. The van der Waals surface area contributed by atoms with E-state index in [1.165, 1.54) is 142 Å². The molecule has 37 heteroatoms. The van der Waals surface area contributed by atoms with E-state index < -0.39 is 221 Å². The van der Waals surface area contributed by atoms with E-state index in [0.717, 1.165) is 10.8 Å². The van der Waals surface area contributed by atoms with Crippen LogP contribution in [0.1, 0.15) is 0 Å². The number of ether oxygens (including phenoxy) is 34. The van der Waals surface area contributed by atoms with Crippen LogP contribution in [0.2, 0.25) is 0 Å². The van der Waals surface area contributed by atoms with Crippen LogP contribution < -0.4 is 10.6 Å². The predicted octanol–water partition coefficient (Wildman–Crippen LogP) is 0.834. The van der Waals surface area contributed by atoms with E-state index in [2.05, 4.69) is 10.6 Å². The molecule has 110 heavy (non-hydrogen) atoms. The van der Waals surface area contributed by atoms with E-state index in [0.29, 0.717) is 5.69 Å². The monoisotopic (exact) mass is 1580 g/mol. The van der Waals surface area contributed by atoms with Crippen molar-refractivity contribution in [2.45, 2.75) is 215 Å². The fraction of sp³-hybridized carbons (Fsp3) is 0.849. The number of hydrogen-bond acceptors (Lipinski definition) is 35. The summed E-state index contributed by atoms with van der Waals surface area (Å²) in [6.07, 6.45) is -38.2. The quantitative estimate of drug-likeness (QED) is 0.114. The molecule has 2 aromatic carbocycles. The van der Waals surface area contributed by atoms with Crippen LogP contribution in [-0.4, -0.2) is 409 Å². The molecule has 0 aliphatic carbocycles. The van der Waals surface area contributed by atoms with Crippen LogP contribution in [0.15, 0.2) is 42.5 Å². The topological polar surface area (TPSA) is 355 Å². The van der Waals surface area contributed by atoms with Gasteiger partial charge in [-0.2, -0.15) is 0 Å². The first kappa shape index (κ1) is 89.0. The first-order valence-electron chi connectivity index (χ1n) is 36.6. The zero-order chi connectivity index (χ0) is 78.9. The number of fused-ring (bicyclic) bond motifs is 1. The molecule has 0 aromatic heterocycles. The highest BCUT2D eigenvalue weighted by Gasteiger charge is 2.62. The molecule has 2 amide bonds. The summed E-state index contributed by atoms with van der Waals surface area (Å²) in [7, 11) is 29.9. The van der Waals surface area contributed by atoms with Gasteiger partial charge in [0.1, 0.15) is 171 Å². The third-order valence-corrected chi connectivity index (χ3v) is 21.5. The van der Waals surface area contributed by atoms with Crippen molar-refractivity contribution in [1.29, 1.82) is 0 Å². The fourth-order valence-electron chi connectivity index (χ4n) is 16.4. The zero-order valence-corrected chi connectivity index (χ0v) is 66.5. The molecule has 21 heterocycles. The Morgan fingerprint density at radius 1 is 0.264 bits per heavy atom. The first-order chi connectivity index (χ1) is 53.6. The summed E-state index contributed by atoms with van der Waals surface area (Å²) >= 11 is 0. The Morgan fingerprint density at radius 2 is 0.473 bits per heavy atom. The molecular weight excluding hydrogens is 1460 g/mol. The molecule has 21 aliphatic heterocycles. The number of carbonyl (C=O) groups is 1. The molecule has 0 saturated carbocycles. The van der Waals surface area contributed by atoms with Crippen molar-refractivity contribution in [3.05, 3.63) is 42.5 Å². The smallest absolute Gasteiger partial charge is 0.319 e. The number of urea groups is 1. The van der Waals surface area contributed by atoms with Gasteiger partial charge in [0.25, 0.3) is 0 Å². The van der Waals surface area contributed by atoms with Gasteiger partial charge < -0.3 is 172 Å². The Hall–Kier alpha value is -3.39. The molecule has 21 saturated heterocycles. The van der Waals surface area contributed by atoms with Gasteiger partial charge in [0, 0.05) is 154 Å². The molecular formula is C73H118N2O35. The summed E-state index contributed by atoms with van der Waals surface area (Å²) in [5, 5.41) is 7.74. The molecule has 630 valence electrons. The molecule has 14 bridgehead atoms. The molecule has 2 aromatic rings. The lowest BCUT2D eigenvalue weighted by Gasteiger charge is -2.52. The van der Waals surface area contributed by atoms with Gasteiger partial charge >= 0.3 is 6.03 Å². The lowest BCUT2D eigenvalue weighted by molar-refractivity contribution is -0.402. The fourth-order valence-corrected chi connectivity index (χ4v) is 16.4. The first-order valence-corrected chi connectivity index (χ1v) is 36.6. The summed E-state index contributed by atoms with van der Waals surface area (Å²) in [4.78, 5) is 14.4. The van der Waals surface area contributed by atoms with Gasteiger partial charge in [-0.05, 0) is 11.5 Å². The summed E-state index contributed by atoms with van der Waals surface area (Å²) in [5.41, 5.74) is 0.553. The molecule has 2 N–H and O–H groups in total. The van der Waals surface area contributed by atoms with E-state index in [1.807, 2.05) is 36.4 Å². The summed E-state index contributed by atoms with van der Waals surface area (Å²) in [5.74, 6) is 0. The van der Waals surface area contributed by atoms with Crippen LogP contribution in [0.5, 0.6) is 0 Å². The number of methoxy groups -OCH3 is 20. The Morgan fingerprint density at radius 3 is 0.700 bits per heavy atom. The summed E-state index contributed by atoms with van der Waals surface area (Å²) in [6, 6.07) is 12.7. The van der Waals surface area contributed by atoms with Crippen LogP contribution >= 0.6 is 0 Å². The van der Waals surface area contributed by atoms with E-state index in [4.69, 9.17) is 161 Å². The lowest BCUT2D eigenvalue weighted by atomic mass is 9.94. The van der Waals surface area contributed by atoms with Crippen LogP contribution in [-0.2, 0) is 161 Å². The average Bonchev–Trinajstić information content (AvgIpc) is 0.766. The van der Waals surface area contributed by atoms with Crippen molar-refractivity contribution in [2.75, 3.05) is 194 Å². The number of carbonyl (C=O) groups excluding carboxylic acids is 1. The minimum absolute atomic E-state index is 0.0560. The van der Waals surface area contributed by atoms with Gasteiger partial charge in [-0.3, -0.25) is 0 Å². The molecule has 37 nitrogen and oxygen atoms in total. The third kappa shape index (κ3) is 19.4. The minimum Gasteiger partial charge on any atom is -0.382 e. The van der Waals surface area contributed by atoms with Crippen LogP contribution in [0, 0.1) is 0 Å². The molecule has 35 atom stereocenters. The van der Waals surface area contributed by atoms with Crippen molar-refractivity contribution in [3.63, 3.8) is 0 Å². The van der Waals surface area contributed by atoms with Gasteiger partial charge in [0.15, 0.2) is 44.0 Å². The largest absolute Gasteiger partial charge is 0.382 e. The molecule has 0 radical (unpaired) electrons. The van der Waals surface area contributed by atoms with Crippen molar-refractivity contribution in [1.82, 2.24) is 5.32 Å². The van der Waals surface area contributed by atoms with E-state index in [-0.39, 0.29) is 46.2 Å². The third-order valence-electron chi connectivity index (χ3n) is 21.5. The van der Waals surface area contributed by atoms with E-state index in [9.17, 15) is 4.79 Å². The van der Waals surface area contributed by atoms with Crippen LogP contribution in [0.25, 0.3) is 10.8 Å². The summed E-state index contributed by atoms with van der Waals surface area (Å²) in [6.45, 7) is -0.675. The highest BCUT2D eigenvalue weighted by atomic mass is 16.8. The van der Waals surface area contributed by atoms with Gasteiger partial charge in [-0.25, -0.2) is 4.79 Å². The van der Waals surface area contributed by atoms with Crippen LogP contribution in [0.4, 0.5) is 10.5 Å². The number of benzene rings is 2. The predicted molar refractivity (Wildman–Crippen MR) is 378 cm³/mol.